The second-order valence-corrected chi connectivity index (χ2v) is 7.52. The Bertz CT molecular complexity index is 957. The highest BCUT2D eigenvalue weighted by molar-refractivity contribution is 5.93. The van der Waals surface area contributed by atoms with Gasteiger partial charge in [-0.15, -0.1) is 0 Å². The minimum absolute atomic E-state index is 0.0671. The molecule has 1 N–H and O–H groups in total. The van der Waals surface area contributed by atoms with Crippen LogP contribution >= 0.6 is 0 Å². The van der Waals surface area contributed by atoms with Gasteiger partial charge in [0, 0.05) is 23.7 Å². The summed E-state index contributed by atoms with van der Waals surface area (Å²) in [5.74, 6) is 2.07. The third kappa shape index (κ3) is 4.35. The minimum atomic E-state index is 0.0671. The van der Waals surface area contributed by atoms with Gasteiger partial charge in [0.2, 0.25) is 11.8 Å². The number of anilines is 1. The lowest BCUT2D eigenvalue weighted by molar-refractivity contribution is -0.116. The van der Waals surface area contributed by atoms with Crippen LogP contribution < -0.4 is 10.1 Å². The van der Waals surface area contributed by atoms with Gasteiger partial charge in [0.25, 0.3) is 0 Å². The van der Waals surface area contributed by atoms with E-state index in [1.165, 1.54) is 32.1 Å². The van der Waals surface area contributed by atoms with Crippen molar-refractivity contribution in [2.24, 2.45) is 5.92 Å². The van der Waals surface area contributed by atoms with Gasteiger partial charge in [-0.1, -0.05) is 38.2 Å². The number of fused-ring (bicyclic) bond motifs is 1. The Balaban J connectivity index is 1.43. The number of benzene rings is 2. The minimum Gasteiger partial charge on any atom is -0.497 e. The van der Waals surface area contributed by atoms with Crippen LogP contribution in [0.1, 0.15) is 44.9 Å². The van der Waals surface area contributed by atoms with E-state index in [4.69, 9.17) is 9.15 Å². The van der Waals surface area contributed by atoms with Crippen molar-refractivity contribution < 1.29 is 13.9 Å². The van der Waals surface area contributed by atoms with E-state index in [2.05, 4.69) is 10.3 Å². The fourth-order valence-corrected chi connectivity index (χ4v) is 3.92. The summed E-state index contributed by atoms with van der Waals surface area (Å²) in [7, 11) is 1.63. The van der Waals surface area contributed by atoms with E-state index in [1.54, 1.807) is 7.11 Å². The van der Waals surface area contributed by atoms with Crippen molar-refractivity contribution >= 4 is 22.7 Å². The zero-order valence-electron chi connectivity index (χ0n) is 16.2. The maximum absolute atomic E-state index is 12.3. The van der Waals surface area contributed by atoms with Crippen molar-refractivity contribution in [2.75, 3.05) is 12.4 Å². The quantitative estimate of drug-likeness (QED) is 0.588. The van der Waals surface area contributed by atoms with Crippen molar-refractivity contribution in [1.82, 2.24) is 4.98 Å². The van der Waals surface area contributed by atoms with E-state index in [0.29, 0.717) is 23.8 Å². The molecule has 1 fully saturated rings. The summed E-state index contributed by atoms with van der Waals surface area (Å²) >= 11 is 0. The van der Waals surface area contributed by atoms with Crippen LogP contribution in [0.3, 0.4) is 0 Å². The second kappa shape index (κ2) is 8.46. The number of oxazole rings is 1. The fourth-order valence-electron chi connectivity index (χ4n) is 3.92. The molecule has 1 heterocycles. The Labute approximate surface area is 165 Å². The van der Waals surface area contributed by atoms with Crippen LogP contribution in [0.5, 0.6) is 5.75 Å². The number of hydrogen-bond acceptors (Lipinski definition) is 4. The average Bonchev–Trinajstić information content (AvgIpc) is 3.16. The molecular weight excluding hydrogens is 352 g/mol. The molecule has 0 saturated heterocycles. The van der Waals surface area contributed by atoms with E-state index in [1.807, 2.05) is 42.5 Å². The van der Waals surface area contributed by atoms with Gasteiger partial charge in [-0.2, -0.15) is 0 Å². The van der Waals surface area contributed by atoms with Gasteiger partial charge >= 0.3 is 0 Å². The van der Waals surface area contributed by atoms with Gasteiger partial charge in [-0.25, -0.2) is 4.98 Å². The van der Waals surface area contributed by atoms with Crippen molar-refractivity contribution in [1.29, 1.82) is 0 Å². The lowest BCUT2D eigenvalue weighted by Crippen LogP contribution is -2.14. The van der Waals surface area contributed by atoms with E-state index < -0.39 is 0 Å². The lowest BCUT2D eigenvalue weighted by Gasteiger charge is -2.20. The van der Waals surface area contributed by atoms with Crippen LogP contribution in [0, 0.1) is 5.92 Å². The Hall–Kier alpha value is -2.82. The molecule has 1 amide bonds. The molecule has 3 aromatic rings. The highest BCUT2D eigenvalue weighted by Crippen LogP contribution is 2.29. The molecular formula is C23H26N2O3. The molecule has 1 aliphatic carbocycles. The summed E-state index contributed by atoms with van der Waals surface area (Å²) < 4.78 is 11.2. The predicted molar refractivity (Wildman–Crippen MR) is 110 cm³/mol. The topological polar surface area (TPSA) is 64.4 Å². The molecule has 0 radical (unpaired) electrons. The molecule has 0 bridgehead atoms. The standard InChI is InChI=1S/C23H26N2O3/c1-27-19-9-5-8-17(14-19)23-25-20-12-11-18(15-21(20)28-23)24-22(26)13-10-16-6-3-2-4-7-16/h5,8-9,11-12,14-16H,2-4,6-7,10,13H2,1H3,(H,24,26). The number of amides is 1. The molecule has 2 aromatic carbocycles. The number of hydrogen-bond donors (Lipinski definition) is 1. The number of methoxy groups -OCH3 is 1. The van der Waals surface area contributed by atoms with E-state index in [9.17, 15) is 4.79 Å². The molecule has 5 heteroatoms. The molecule has 1 saturated carbocycles. The van der Waals surface area contributed by atoms with Gasteiger partial charge in [0.1, 0.15) is 11.3 Å². The molecule has 28 heavy (non-hydrogen) atoms. The summed E-state index contributed by atoms with van der Waals surface area (Å²) in [6.45, 7) is 0. The maximum atomic E-state index is 12.3. The summed E-state index contributed by atoms with van der Waals surface area (Å²) in [4.78, 5) is 16.9. The van der Waals surface area contributed by atoms with Crippen molar-refractivity contribution in [3.63, 3.8) is 0 Å². The van der Waals surface area contributed by atoms with Crippen molar-refractivity contribution in [3.05, 3.63) is 42.5 Å². The number of nitrogens with one attached hydrogen (secondary N) is 1. The third-order valence-electron chi connectivity index (χ3n) is 5.49. The number of carbonyl (C=O) groups excluding carboxylic acids is 1. The summed E-state index contributed by atoms with van der Waals surface area (Å²) in [6.07, 6.45) is 8.06. The van der Waals surface area contributed by atoms with Crippen LogP contribution in [0.25, 0.3) is 22.6 Å². The predicted octanol–water partition coefficient (Wildman–Crippen LogP) is 5.80. The largest absolute Gasteiger partial charge is 0.497 e. The number of nitrogens with zero attached hydrogens (tertiary/aromatic N) is 1. The smallest absolute Gasteiger partial charge is 0.227 e. The summed E-state index contributed by atoms with van der Waals surface area (Å²) in [5.41, 5.74) is 3.02. The number of aromatic nitrogens is 1. The molecule has 0 unspecified atom stereocenters. The zero-order valence-corrected chi connectivity index (χ0v) is 16.2. The Morgan fingerprint density at radius 1 is 1.18 bits per heavy atom. The Kier molecular flexibility index (Phi) is 5.60. The highest BCUT2D eigenvalue weighted by atomic mass is 16.5. The molecule has 1 aliphatic rings. The first-order chi connectivity index (χ1) is 13.7. The van der Waals surface area contributed by atoms with Crippen molar-refractivity contribution in [2.45, 2.75) is 44.9 Å². The lowest BCUT2D eigenvalue weighted by atomic mass is 9.86. The zero-order chi connectivity index (χ0) is 19.3. The molecule has 0 atom stereocenters. The van der Waals surface area contributed by atoms with E-state index in [-0.39, 0.29) is 5.91 Å². The second-order valence-electron chi connectivity index (χ2n) is 7.52. The Morgan fingerprint density at radius 3 is 2.86 bits per heavy atom. The van der Waals surface area contributed by atoms with Crippen LogP contribution in [0.2, 0.25) is 0 Å². The molecule has 1 aromatic heterocycles. The number of carbonyl (C=O) groups is 1. The monoisotopic (exact) mass is 378 g/mol. The van der Waals surface area contributed by atoms with Gasteiger partial charge < -0.3 is 14.5 Å². The average molecular weight is 378 g/mol. The van der Waals surface area contributed by atoms with Crippen LogP contribution in [-0.4, -0.2) is 18.0 Å². The molecule has 5 nitrogen and oxygen atoms in total. The first-order valence-electron chi connectivity index (χ1n) is 10.1. The SMILES string of the molecule is COc1cccc(-c2nc3ccc(NC(=O)CCC4CCCCC4)cc3o2)c1. The number of rotatable bonds is 6. The van der Waals surface area contributed by atoms with Crippen LogP contribution in [0.15, 0.2) is 46.9 Å². The van der Waals surface area contributed by atoms with Gasteiger partial charge in [-0.05, 0) is 42.7 Å². The molecule has 4 rings (SSSR count). The fraction of sp³-hybridized carbons (Fsp3) is 0.391. The summed E-state index contributed by atoms with van der Waals surface area (Å²) in [6, 6.07) is 13.2. The van der Waals surface area contributed by atoms with Gasteiger partial charge in [0.05, 0.1) is 7.11 Å². The molecule has 0 spiro atoms. The van der Waals surface area contributed by atoms with Crippen molar-refractivity contribution in [3.8, 4) is 17.2 Å². The summed E-state index contributed by atoms with van der Waals surface area (Å²) in [5, 5.41) is 2.99. The molecule has 0 aliphatic heterocycles. The maximum Gasteiger partial charge on any atom is 0.227 e. The first kappa shape index (κ1) is 18.5. The first-order valence-corrected chi connectivity index (χ1v) is 10.1. The third-order valence-corrected chi connectivity index (χ3v) is 5.49. The van der Waals surface area contributed by atoms with Crippen LogP contribution in [-0.2, 0) is 4.79 Å². The highest BCUT2D eigenvalue weighted by Gasteiger charge is 2.15. The molecule has 146 valence electrons. The number of ether oxygens (including phenoxy) is 1. The van der Waals surface area contributed by atoms with Gasteiger partial charge in [-0.3, -0.25) is 4.79 Å². The normalized spacial score (nSPS) is 14.9. The Morgan fingerprint density at radius 2 is 2.04 bits per heavy atom. The van der Waals surface area contributed by atoms with E-state index in [0.717, 1.165) is 28.9 Å². The van der Waals surface area contributed by atoms with Gasteiger partial charge in [0.15, 0.2) is 5.58 Å². The van der Waals surface area contributed by atoms with E-state index >= 15 is 0 Å². The van der Waals surface area contributed by atoms with Crippen LogP contribution in [0.4, 0.5) is 5.69 Å².